The number of hydrogen-bond donors (Lipinski definition) is 1. The number of benzene rings is 2. The molecule has 0 unspecified atom stereocenters. The molecular formula is C25H29N7. The predicted octanol–water partition coefficient (Wildman–Crippen LogP) is 3.21. The number of aromatic nitrogens is 4. The second-order valence-corrected chi connectivity index (χ2v) is 8.32. The van der Waals surface area contributed by atoms with E-state index in [1.807, 2.05) is 6.33 Å². The Labute approximate surface area is 188 Å². The molecular weight excluding hydrogens is 398 g/mol. The Balaban J connectivity index is 1.19. The Hall–Kier alpha value is -3.29. The van der Waals surface area contributed by atoms with Crippen LogP contribution in [0.5, 0.6) is 0 Å². The van der Waals surface area contributed by atoms with Crippen molar-refractivity contribution in [1.82, 2.24) is 29.3 Å². The van der Waals surface area contributed by atoms with Crippen LogP contribution in [0.3, 0.4) is 0 Å². The van der Waals surface area contributed by atoms with Crippen LogP contribution in [0.15, 0.2) is 73.3 Å². The molecule has 0 aliphatic carbocycles. The summed E-state index contributed by atoms with van der Waals surface area (Å²) in [4.78, 5) is 17.9. The minimum absolute atomic E-state index is 0.307. The number of piperazine rings is 1. The van der Waals surface area contributed by atoms with Gasteiger partial charge in [0.05, 0.1) is 12.4 Å². The third kappa shape index (κ3) is 4.35. The maximum Gasteiger partial charge on any atom is 0.165 e. The normalized spacial score (nSPS) is 15.5. The van der Waals surface area contributed by atoms with Gasteiger partial charge in [-0.05, 0) is 24.1 Å². The van der Waals surface area contributed by atoms with Crippen LogP contribution in [-0.2, 0) is 6.54 Å². The Morgan fingerprint density at radius 1 is 0.781 bits per heavy atom. The van der Waals surface area contributed by atoms with Gasteiger partial charge in [-0.15, -0.1) is 0 Å². The number of hydrogen-bond acceptors (Lipinski definition) is 6. The standard InChI is InChI=1S/C25H29N7/c26-24-22-25(28-18-27-24)32(19-29-22)13-7-12-30-14-16-31(17-15-30)23(20-8-3-1-4-9-20)21-10-5-2-6-11-21/h1-6,8-11,18-19,23H,7,12-17H2,(H2,26,27,28). The molecule has 1 fully saturated rings. The summed E-state index contributed by atoms with van der Waals surface area (Å²) < 4.78 is 2.07. The lowest BCUT2D eigenvalue weighted by molar-refractivity contribution is 0.108. The molecule has 1 aliphatic heterocycles. The zero-order chi connectivity index (χ0) is 21.8. The van der Waals surface area contributed by atoms with Crippen LogP contribution in [0, 0.1) is 0 Å². The number of nitrogens with zero attached hydrogens (tertiary/aromatic N) is 6. The van der Waals surface area contributed by atoms with E-state index in [2.05, 4.69) is 90.0 Å². The average molecular weight is 428 g/mol. The van der Waals surface area contributed by atoms with Gasteiger partial charge >= 0.3 is 0 Å². The smallest absolute Gasteiger partial charge is 0.165 e. The third-order valence-electron chi connectivity index (χ3n) is 6.31. The second-order valence-electron chi connectivity index (χ2n) is 8.32. The summed E-state index contributed by atoms with van der Waals surface area (Å²) >= 11 is 0. The van der Waals surface area contributed by atoms with Gasteiger partial charge in [0.15, 0.2) is 11.5 Å². The van der Waals surface area contributed by atoms with E-state index in [0.717, 1.165) is 51.3 Å². The average Bonchev–Trinajstić information content (AvgIpc) is 3.26. The molecule has 2 N–H and O–H groups in total. The van der Waals surface area contributed by atoms with E-state index in [1.54, 1.807) is 0 Å². The molecule has 1 aliphatic rings. The van der Waals surface area contributed by atoms with Gasteiger partial charge in [0.1, 0.15) is 11.8 Å². The van der Waals surface area contributed by atoms with Crippen molar-refractivity contribution in [2.75, 3.05) is 38.5 Å². The highest BCUT2D eigenvalue weighted by atomic mass is 15.3. The molecule has 0 bridgehead atoms. The Bertz CT molecular complexity index is 1100. The first-order valence-electron chi connectivity index (χ1n) is 11.3. The van der Waals surface area contributed by atoms with E-state index in [-0.39, 0.29) is 0 Å². The first-order valence-corrected chi connectivity index (χ1v) is 11.3. The topological polar surface area (TPSA) is 76.1 Å². The van der Waals surface area contributed by atoms with Crippen LogP contribution in [-0.4, -0.2) is 62.0 Å². The Morgan fingerprint density at radius 3 is 2.09 bits per heavy atom. The predicted molar refractivity (Wildman–Crippen MR) is 127 cm³/mol. The third-order valence-corrected chi connectivity index (χ3v) is 6.31. The molecule has 3 heterocycles. The fraction of sp³-hybridized carbons (Fsp3) is 0.320. The molecule has 0 spiro atoms. The summed E-state index contributed by atoms with van der Waals surface area (Å²) in [6.07, 6.45) is 4.37. The number of rotatable bonds is 7. The summed E-state index contributed by atoms with van der Waals surface area (Å²) in [5, 5.41) is 0. The summed E-state index contributed by atoms with van der Waals surface area (Å²) in [7, 11) is 0. The first-order chi connectivity index (χ1) is 15.8. The van der Waals surface area contributed by atoms with Crippen LogP contribution >= 0.6 is 0 Å². The zero-order valence-electron chi connectivity index (χ0n) is 18.2. The van der Waals surface area contributed by atoms with Gasteiger partial charge in [-0.2, -0.15) is 0 Å². The lowest BCUT2D eigenvalue weighted by atomic mass is 9.96. The van der Waals surface area contributed by atoms with Crippen molar-refractivity contribution in [3.63, 3.8) is 0 Å². The van der Waals surface area contributed by atoms with Gasteiger partial charge < -0.3 is 15.2 Å². The highest BCUT2D eigenvalue weighted by Gasteiger charge is 2.26. The highest BCUT2D eigenvalue weighted by Crippen LogP contribution is 2.29. The highest BCUT2D eigenvalue weighted by molar-refractivity contribution is 5.81. The molecule has 7 nitrogen and oxygen atoms in total. The monoisotopic (exact) mass is 427 g/mol. The molecule has 0 atom stereocenters. The lowest BCUT2D eigenvalue weighted by Crippen LogP contribution is -2.48. The number of nitrogen functional groups attached to an aromatic ring is 1. The fourth-order valence-electron chi connectivity index (χ4n) is 4.66. The largest absolute Gasteiger partial charge is 0.382 e. The summed E-state index contributed by atoms with van der Waals surface area (Å²) in [5.41, 5.74) is 10.1. The number of fused-ring (bicyclic) bond motifs is 1. The van der Waals surface area contributed by atoms with Crippen molar-refractivity contribution in [2.24, 2.45) is 0 Å². The van der Waals surface area contributed by atoms with E-state index in [1.165, 1.54) is 17.5 Å². The van der Waals surface area contributed by atoms with Gasteiger partial charge in [0, 0.05) is 32.7 Å². The van der Waals surface area contributed by atoms with Crippen LogP contribution in [0.25, 0.3) is 11.2 Å². The lowest BCUT2D eigenvalue weighted by Gasteiger charge is -2.39. The van der Waals surface area contributed by atoms with Crippen LogP contribution in [0.1, 0.15) is 23.6 Å². The van der Waals surface area contributed by atoms with Crippen molar-refractivity contribution in [3.05, 3.63) is 84.4 Å². The molecule has 1 saturated heterocycles. The van der Waals surface area contributed by atoms with Crippen molar-refractivity contribution in [3.8, 4) is 0 Å². The summed E-state index contributed by atoms with van der Waals surface area (Å²) in [6, 6.07) is 22.0. The molecule has 5 rings (SSSR count). The van der Waals surface area contributed by atoms with Gasteiger partial charge in [0.25, 0.3) is 0 Å². The Morgan fingerprint density at radius 2 is 1.44 bits per heavy atom. The minimum Gasteiger partial charge on any atom is -0.382 e. The van der Waals surface area contributed by atoms with Crippen molar-refractivity contribution >= 4 is 17.0 Å². The van der Waals surface area contributed by atoms with E-state index >= 15 is 0 Å². The fourth-order valence-corrected chi connectivity index (χ4v) is 4.66. The Kier molecular flexibility index (Phi) is 6.09. The van der Waals surface area contributed by atoms with E-state index in [0.29, 0.717) is 17.4 Å². The van der Waals surface area contributed by atoms with Crippen molar-refractivity contribution in [2.45, 2.75) is 19.0 Å². The molecule has 2 aromatic heterocycles. The molecule has 164 valence electrons. The minimum atomic E-state index is 0.307. The SMILES string of the molecule is Nc1ncnc2c1ncn2CCCN1CCN(C(c2ccccc2)c2ccccc2)CC1. The number of aryl methyl sites for hydroxylation is 1. The van der Waals surface area contributed by atoms with Gasteiger partial charge in [0.2, 0.25) is 0 Å². The second kappa shape index (κ2) is 9.46. The van der Waals surface area contributed by atoms with Crippen LogP contribution < -0.4 is 5.73 Å². The molecule has 0 amide bonds. The molecule has 0 saturated carbocycles. The van der Waals surface area contributed by atoms with Crippen molar-refractivity contribution < 1.29 is 0 Å². The molecule has 2 aromatic carbocycles. The maximum absolute atomic E-state index is 5.90. The molecule has 4 aromatic rings. The molecule has 7 heteroatoms. The van der Waals surface area contributed by atoms with Crippen LogP contribution in [0.4, 0.5) is 5.82 Å². The molecule has 0 radical (unpaired) electrons. The summed E-state index contributed by atoms with van der Waals surface area (Å²) in [6.45, 7) is 6.23. The molecule has 32 heavy (non-hydrogen) atoms. The number of imidazole rings is 1. The quantitative estimate of drug-likeness (QED) is 0.488. The van der Waals surface area contributed by atoms with E-state index in [4.69, 9.17) is 5.73 Å². The van der Waals surface area contributed by atoms with E-state index in [9.17, 15) is 0 Å². The number of anilines is 1. The van der Waals surface area contributed by atoms with Crippen LogP contribution in [0.2, 0.25) is 0 Å². The maximum atomic E-state index is 5.90. The zero-order valence-corrected chi connectivity index (χ0v) is 18.2. The van der Waals surface area contributed by atoms with Gasteiger partial charge in [-0.25, -0.2) is 15.0 Å². The summed E-state index contributed by atoms with van der Waals surface area (Å²) in [5.74, 6) is 0.441. The first kappa shape index (κ1) is 20.6. The van der Waals surface area contributed by atoms with E-state index < -0.39 is 0 Å². The van der Waals surface area contributed by atoms with Gasteiger partial charge in [-0.1, -0.05) is 60.7 Å². The van der Waals surface area contributed by atoms with Crippen molar-refractivity contribution in [1.29, 1.82) is 0 Å². The van der Waals surface area contributed by atoms with Gasteiger partial charge in [-0.3, -0.25) is 4.90 Å². The number of nitrogens with two attached hydrogens (primary N) is 1.